The van der Waals surface area contributed by atoms with E-state index >= 15 is 0 Å². The van der Waals surface area contributed by atoms with Gasteiger partial charge in [0.15, 0.2) is 5.96 Å². The third-order valence-corrected chi connectivity index (χ3v) is 7.77. The van der Waals surface area contributed by atoms with Crippen molar-refractivity contribution in [3.8, 4) is 0 Å². The van der Waals surface area contributed by atoms with Crippen molar-refractivity contribution in [1.29, 1.82) is 0 Å². The summed E-state index contributed by atoms with van der Waals surface area (Å²) in [6.45, 7) is 15.8. The molecule has 1 aliphatic carbocycles. The molecule has 0 aromatic carbocycles. The zero-order valence-corrected chi connectivity index (χ0v) is 20.6. The standard InChI is InChI=1S/C20H39N5S.HI/c1-3-21-19(22-10-11-24-14-12-23(4-2)13-15-24)25-16-17-26-20(18-25)8-6-5-7-9-20;/h3-18H2,1-2H3,(H,21,22);1H. The number of hydrogen-bond donors (Lipinski definition) is 1. The van der Waals surface area contributed by atoms with Crippen LogP contribution in [0.4, 0.5) is 0 Å². The van der Waals surface area contributed by atoms with Crippen molar-refractivity contribution in [3.63, 3.8) is 0 Å². The predicted molar refractivity (Wildman–Crippen MR) is 130 cm³/mol. The van der Waals surface area contributed by atoms with E-state index < -0.39 is 0 Å². The lowest BCUT2D eigenvalue weighted by Gasteiger charge is -2.45. The fraction of sp³-hybridized carbons (Fsp3) is 0.950. The predicted octanol–water partition coefficient (Wildman–Crippen LogP) is 2.96. The molecule has 7 heteroatoms. The normalized spacial score (nSPS) is 24.7. The fourth-order valence-electron chi connectivity index (χ4n) is 4.58. The number of rotatable bonds is 5. The molecule has 1 spiro atoms. The Morgan fingerprint density at radius 2 is 1.70 bits per heavy atom. The maximum Gasteiger partial charge on any atom is 0.194 e. The number of hydrogen-bond acceptors (Lipinski definition) is 4. The molecule has 0 unspecified atom stereocenters. The average Bonchev–Trinajstić information content (AvgIpc) is 2.68. The molecule has 0 amide bonds. The first-order valence-corrected chi connectivity index (χ1v) is 11.9. The summed E-state index contributed by atoms with van der Waals surface area (Å²) < 4.78 is 0.503. The van der Waals surface area contributed by atoms with Crippen molar-refractivity contribution < 1.29 is 0 Å². The summed E-state index contributed by atoms with van der Waals surface area (Å²) in [6, 6.07) is 0. The van der Waals surface area contributed by atoms with Crippen LogP contribution in [0.15, 0.2) is 4.99 Å². The molecule has 3 rings (SSSR count). The monoisotopic (exact) mass is 509 g/mol. The SMILES string of the molecule is CCNC(=NCCN1CCN(CC)CC1)N1CCSC2(CCCCC2)C1.I. The molecule has 1 saturated carbocycles. The maximum atomic E-state index is 5.02. The highest BCUT2D eigenvalue weighted by Gasteiger charge is 2.38. The van der Waals surface area contributed by atoms with Gasteiger partial charge in [-0.1, -0.05) is 26.2 Å². The number of nitrogens with zero attached hydrogens (tertiary/aromatic N) is 4. The van der Waals surface area contributed by atoms with E-state index in [1.165, 1.54) is 77.1 Å². The van der Waals surface area contributed by atoms with Gasteiger partial charge in [0.25, 0.3) is 0 Å². The van der Waals surface area contributed by atoms with Crippen molar-refractivity contribution in [2.24, 2.45) is 4.99 Å². The topological polar surface area (TPSA) is 34.1 Å². The first kappa shape index (κ1) is 23.5. The van der Waals surface area contributed by atoms with Crippen molar-refractivity contribution >= 4 is 41.7 Å². The van der Waals surface area contributed by atoms with Crippen molar-refractivity contribution in [2.75, 3.05) is 71.2 Å². The van der Waals surface area contributed by atoms with Crippen LogP contribution < -0.4 is 5.32 Å². The maximum absolute atomic E-state index is 5.02. The van der Waals surface area contributed by atoms with E-state index in [-0.39, 0.29) is 24.0 Å². The molecule has 0 bridgehead atoms. The first-order chi connectivity index (χ1) is 12.7. The van der Waals surface area contributed by atoms with Gasteiger partial charge in [-0.2, -0.15) is 11.8 Å². The molecular formula is C20H40IN5S. The van der Waals surface area contributed by atoms with E-state index in [1.807, 2.05) is 0 Å². The number of aliphatic imine (C=N–C) groups is 1. The number of thioether (sulfide) groups is 1. The van der Waals surface area contributed by atoms with Crippen LogP contribution in [0, 0.1) is 0 Å². The highest BCUT2D eigenvalue weighted by Crippen LogP contribution is 2.42. The quantitative estimate of drug-likeness (QED) is 0.350. The van der Waals surface area contributed by atoms with Crippen LogP contribution in [0.2, 0.25) is 0 Å². The summed E-state index contributed by atoms with van der Waals surface area (Å²) in [4.78, 5) is 12.7. The minimum Gasteiger partial charge on any atom is -0.357 e. The summed E-state index contributed by atoms with van der Waals surface area (Å²) >= 11 is 2.24. The molecule has 5 nitrogen and oxygen atoms in total. The van der Waals surface area contributed by atoms with Crippen LogP contribution in [-0.4, -0.2) is 96.6 Å². The Bertz CT molecular complexity index is 442. The Hall–Kier alpha value is 0.270. The molecule has 158 valence electrons. The second-order valence-electron chi connectivity index (χ2n) is 8.03. The van der Waals surface area contributed by atoms with Gasteiger partial charge in [0, 0.05) is 62.9 Å². The Morgan fingerprint density at radius 3 is 2.37 bits per heavy atom. The second kappa shape index (κ2) is 12.1. The van der Waals surface area contributed by atoms with Crippen LogP contribution in [-0.2, 0) is 0 Å². The number of likely N-dealkylation sites (N-methyl/N-ethyl adjacent to an activating group) is 1. The smallest absolute Gasteiger partial charge is 0.194 e. The van der Waals surface area contributed by atoms with Gasteiger partial charge in [-0.25, -0.2) is 0 Å². The third kappa shape index (κ3) is 6.93. The van der Waals surface area contributed by atoms with E-state index in [9.17, 15) is 0 Å². The fourth-order valence-corrected chi connectivity index (χ4v) is 6.15. The van der Waals surface area contributed by atoms with Gasteiger partial charge in [-0.15, -0.1) is 24.0 Å². The van der Waals surface area contributed by atoms with Gasteiger partial charge < -0.3 is 15.1 Å². The molecule has 0 aromatic heterocycles. The molecule has 2 heterocycles. The minimum atomic E-state index is 0. The van der Waals surface area contributed by atoms with E-state index in [0.29, 0.717) is 4.75 Å². The molecule has 3 fully saturated rings. The lowest BCUT2D eigenvalue weighted by atomic mass is 9.87. The van der Waals surface area contributed by atoms with Gasteiger partial charge in [-0.05, 0) is 26.3 Å². The van der Waals surface area contributed by atoms with Crippen LogP contribution >= 0.6 is 35.7 Å². The van der Waals surface area contributed by atoms with Crippen molar-refractivity contribution in [1.82, 2.24) is 20.0 Å². The number of halogens is 1. The first-order valence-electron chi connectivity index (χ1n) is 10.9. The van der Waals surface area contributed by atoms with E-state index in [0.717, 1.165) is 32.1 Å². The van der Waals surface area contributed by atoms with Gasteiger partial charge in [0.1, 0.15) is 0 Å². The number of piperazine rings is 1. The second-order valence-corrected chi connectivity index (χ2v) is 9.59. The minimum absolute atomic E-state index is 0. The van der Waals surface area contributed by atoms with Crippen molar-refractivity contribution in [2.45, 2.75) is 50.7 Å². The van der Waals surface area contributed by atoms with Crippen LogP contribution in [0.1, 0.15) is 46.0 Å². The van der Waals surface area contributed by atoms with Gasteiger partial charge in [-0.3, -0.25) is 9.89 Å². The van der Waals surface area contributed by atoms with Gasteiger partial charge >= 0.3 is 0 Å². The van der Waals surface area contributed by atoms with Gasteiger partial charge in [0.05, 0.1) is 6.54 Å². The lowest BCUT2D eigenvalue weighted by Crippen LogP contribution is -2.53. The molecule has 1 N–H and O–H groups in total. The van der Waals surface area contributed by atoms with Crippen molar-refractivity contribution in [3.05, 3.63) is 0 Å². The summed E-state index contributed by atoms with van der Waals surface area (Å²) in [5.41, 5.74) is 0. The van der Waals surface area contributed by atoms with E-state index in [2.05, 4.69) is 45.6 Å². The molecule has 2 saturated heterocycles. The van der Waals surface area contributed by atoms with Crippen LogP contribution in [0.3, 0.4) is 0 Å². The third-order valence-electron chi connectivity index (χ3n) is 6.24. The molecular weight excluding hydrogens is 469 g/mol. The van der Waals surface area contributed by atoms with Crippen LogP contribution in [0.25, 0.3) is 0 Å². The Kier molecular flexibility index (Phi) is 10.5. The van der Waals surface area contributed by atoms with E-state index in [1.54, 1.807) is 0 Å². The number of guanidine groups is 1. The molecule has 0 aromatic rings. The van der Waals surface area contributed by atoms with Crippen LogP contribution in [0.5, 0.6) is 0 Å². The summed E-state index contributed by atoms with van der Waals surface area (Å²) in [5.74, 6) is 2.41. The zero-order valence-electron chi connectivity index (χ0n) is 17.4. The highest BCUT2D eigenvalue weighted by molar-refractivity contribution is 14.0. The van der Waals surface area contributed by atoms with E-state index in [4.69, 9.17) is 4.99 Å². The molecule has 3 aliphatic rings. The molecule has 0 atom stereocenters. The Morgan fingerprint density at radius 1 is 1.00 bits per heavy atom. The largest absolute Gasteiger partial charge is 0.357 e. The zero-order chi connectivity index (χ0) is 18.2. The lowest BCUT2D eigenvalue weighted by molar-refractivity contribution is 0.140. The summed E-state index contributed by atoms with van der Waals surface area (Å²) in [7, 11) is 0. The summed E-state index contributed by atoms with van der Waals surface area (Å²) in [5, 5.41) is 3.57. The highest BCUT2D eigenvalue weighted by atomic mass is 127. The average molecular weight is 510 g/mol. The van der Waals surface area contributed by atoms with Gasteiger partial charge in [0.2, 0.25) is 0 Å². The Labute approximate surface area is 188 Å². The molecule has 27 heavy (non-hydrogen) atoms. The number of nitrogens with one attached hydrogen (secondary N) is 1. The molecule has 0 radical (unpaired) electrons. The summed E-state index contributed by atoms with van der Waals surface area (Å²) in [6.07, 6.45) is 7.06. The Balaban J connectivity index is 0.00000261. The molecule has 2 aliphatic heterocycles.